The molecule has 0 atom stereocenters. The van der Waals surface area contributed by atoms with Gasteiger partial charge in [-0.05, 0) is 12.1 Å². The van der Waals surface area contributed by atoms with Crippen LogP contribution in [0.3, 0.4) is 0 Å². The van der Waals surface area contributed by atoms with Crippen LogP contribution in [0.2, 0.25) is 0 Å². The Morgan fingerprint density at radius 2 is 2.06 bits per heavy atom. The fraction of sp³-hybridized carbons (Fsp3) is 0.357. The van der Waals surface area contributed by atoms with Crippen molar-refractivity contribution in [2.24, 2.45) is 5.73 Å². The molecular formula is C14H19N3O. The van der Waals surface area contributed by atoms with E-state index in [2.05, 4.69) is 23.0 Å². The summed E-state index contributed by atoms with van der Waals surface area (Å²) in [6.07, 6.45) is 1.84. The summed E-state index contributed by atoms with van der Waals surface area (Å²) in [7, 11) is 2.06. The number of ether oxygens (including phenoxy) is 1. The molecule has 0 fully saturated rings. The quantitative estimate of drug-likeness (QED) is 0.786. The molecule has 4 heteroatoms. The predicted molar refractivity (Wildman–Crippen MR) is 74.9 cm³/mol. The zero-order chi connectivity index (χ0) is 12.8. The number of rotatable bonds is 6. The van der Waals surface area contributed by atoms with Crippen LogP contribution >= 0.6 is 0 Å². The van der Waals surface area contributed by atoms with Gasteiger partial charge < -0.3 is 15.4 Å². The van der Waals surface area contributed by atoms with Crippen molar-refractivity contribution in [2.45, 2.75) is 0 Å². The minimum absolute atomic E-state index is 0.571. The Labute approximate surface area is 107 Å². The summed E-state index contributed by atoms with van der Waals surface area (Å²) in [5.74, 6) is 0. The van der Waals surface area contributed by atoms with Gasteiger partial charge in [-0.25, -0.2) is 0 Å². The minimum Gasteiger partial charge on any atom is -0.378 e. The number of benzene rings is 1. The second-order valence-corrected chi connectivity index (χ2v) is 4.17. The summed E-state index contributed by atoms with van der Waals surface area (Å²) in [5.41, 5.74) is 7.58. The molecule has 0 aliphatic heterocycles. The number of pyridine rings is 1. The Balaban J connectivity index is 2.10. The Kier molecular flexibility index (Phi) is 4.50. The second kappa shape index (κ2) is 6.33. The third-order valence-electron chi connectivity index (χ3n) is 2.87. The summed E-state index contributed by atoms with van der Waals surface area (Å²) < 4.78 is 5.40. The summed E-state index contributed by atoms with van der Waals surface area (Å²) in [6.45, 7) is 2.71. The highest BCUT2D eigenvalue weighted by molar-refractivity contribution is 5.91. The topological polar surface area (TPSA) is 51.4 Å². The van der Waals surface area contributed by atoms with Gasteiger partial charge >= 0.3 is 0 Å². The van der Waals surface area contributed by atoms with Gasteiger partial charge in [0.2, 0.25) is 0 Å². The first-order valence-corrected chi connectivity index (χ1v) is 6.15. The normalized spacial score (nSPS) is 10.8. The molecule has 0 radical (unpaired) electrons. The van der Waals surface area contributed by atoms with Gasteiger partial charge in [-0.3, -0.25) is 4.98 Å². The SMILES string of the molecule is CN(CCOCCN)c1ccnc2ccccc12. The van der Waals surface area contributed by atoms with Crippen LogP contribution in [0.25, 0.3) is 10.9 Å². The largest absolute Gasteiger partial charge is 0.378 e. The molecule has 2 rings (SSSR count). The van der Waals surface area contributed by atoms with Crippen LogP contribution in [0, 0.1) is 0 Å². The maximum atomic E-state index is 5.40. The summed E-state index contributed by atoms with van der Waals surface area (Å²) in [4.78, 5) is 6.54. The molecule has 0 saturated heterocycles. The van der Waals surface area contributed by atoms with Gasteiger partial charge in [0.15, 0.2) is 0 Å². The van der Waals surface area contributed by atoms with E-state index in [1.807, 2.05) is 30.5 Å². The first-order chi connectivity index (χ1) is 8.83. The lowest BCUT2D eigenvalue weighted by Gasteiger charge is -2.20. The Morgan fingerprint density at radius 1 is 1.22 bits per heavy atom. The smallest absolute Gasteiger partial charge is 0.0722 e. The molecule has 0 aliphatic carbocycles. The molecule has 0 saturated carbocycles. The van der Waals surface area contributed by atoms with Gasteiger partial charge in [-0.2, -0.15) is 0 Å². The number of anilines is 1. The van der Waals surface area contributed by atoms with E-state index in [9.17, 15) is 0 Å². The number of aromatic nitrogens is 1. The van der Waals surface area contributed by atoms with Crippen molar-refractivity contribution in [1.82, 2.24) is 4.98 Å². The summed E-state index contributed by atoms with van der Waals surface area (Å²) >= 11 is 0. The predicted octanol–water partition coefficient (Wildman–Crippen LogP) is 1.65. The van der Waals surface area contributed by atoms with Crippen LogP contribution in [0.1, 0.15) is 0 Å². The maximum absolute atomic E-state index is 5.40. The fourth-order valence-corrected chi connectivity index (χ4v) is 1.92. The van der Waals surface area contributed by atoms with Gasteiger partial charge in [0.05, 0.1) is 18.7 Å². The lowest BCUT2D eigenvalue weighted by atomic mass is 10.2. The van der Waals surface area contributed by atoms with Gasteiger partial charge in [0.1, 0.15) is 0 Å². The summed E-state index contributed by atoms with van der Waals surface area (Å²) in [6, 6.07) is 10.2. The van der Waals surface area contributed by atoms with Gasteiger partial charge in [0.25, 0.3) is 0 Å². The van der Waals surface area contributed by atoms with Crippen LogP contribution in [0.15, 0.2) is 36.5 Å². The second-order valence-electron chi connectivity index (χ2n) is 4.17. The van der Waals surface area contributed by atoms with E-state index in [1.165, 1.54) is 11.1 Å². The zero-order valence-electron chi connectivity index (χ0n) is 10.7. The molecule has 96 valence electrons. The van der Waals surface area contributed by atoms with E-state index in [0.717, 1.165) is 12.1 Å². The van der Waals surface area contributed by atoms with Gasteiger partial charge in [-0.15, -0.1) is 0 Å². The van der Waals surface area contributed by atoms with Crippen molar-refractivity contribution in [2.75, 3.05) is 38.3 Å². The maximum Gasteiger partial charge on any atom is 0.0722 e. The molecule has 2 aromatic rings. The molecule has 0 unspecified atom stereocenters. The lowest BCUT2D eigenvalue weighted by Crippen LogP contribution is -2.24. The third-order valence-corrected chi connectivity index (χ3v) is 2.87. The third kappa shape index (κ3) is 2.97. The fourth-order valence-electron chi connectivity index (χ4n) is 1.92. The molecule has 0 aliphatic rings. The number of para-hydroxylation sites is 1. The van der Waals surface area contributed by atoms with Crippen LogP contribution < -0.4 is 10.6 Å². The van der Waals surface area contributed by atoms with E-state index in [0.29, 0.717) is 19.8 Å². The minimum atomic E-state index is 0.571. The lowest BCUT2D eigenvalue weighted by molar-refractivity contribution is 0.148. The highest BCUT2D eigenvalue weighted by Gasteiger charge is 2.05. The number of hydrogen-bond acceptors (Lipinski definition) is 4. The van der Waals surface area contributed by atoms with Crippen LogP contribution in [0.4, 0.5) is 5.69 Å². The monoisotopic (exact) mass is 245 g/mol. The first kappa shape index (κ1) is 12.8. The van der Waals surface area contributed by atoms with E-state index >= 15 is 0 Å². The molecule has 0 bridgehead atoms. The molecule has 1 aromatic heterocycles. The molecule has 2 N–H and O–H groups in total. The van der Waals surface area contributed by atoms with Crippen molar-refractivity contribution in [3.05, 3.63) is 36.5 Å². The molecule has 1 aromatic carbocycles. The highest BCUT2D eigenvalue weighted by atomic mass is 16.5. The Hall–Kier alpha value is -1.65. The number of nitrogens with two attached hydrogens (primary N) is 1. The van der Waals surface area contributed by atoms with Gasteiger partial charge in [-0.1, -0.05) is 18.2 Å². The average Bonchev–Trinajstić information content (AvgIpc) is 2.43. The van der Waals surface area contributed by atoms with Crippen molar-refractivity contribution >= 4 is 16.6 Å². The van der Waals surface area contributed by atoms with Crippen LogP contribution in [-0.2, 0) is 4.74 Å². The molecule has 1 heterocycles. The van der Waals surface area contributed by atoms with Crippen molar-refractivity contribution in [3.8, 4) is 0 Å². The average molecular weight is 245 g/mol. The summed E-state index contributed by atoms with van der Waals surface area (Å²) in [5, 5.41) is 1.17. The van der Waals surface area contributed by atoms with E-state index in [4.69, 9.17) is 10.5 Å². The number of fused-ring (bicyclic) bond motifs is 1. The van der Waals surface area contributed by atoms with E-state index < -0.39 is 0 Å². The van der Waals surface area contributed by atoms with E-state index in [1.54, 1.807) is 0 Å². The highest BCUT2D eigenvalue weighted by Crippen LogP contribution is 2.23. The zero-order valence-corrected chi connectivity index (χ0v) is 10.7. The Morgan fingerprint density at radius 3 is 2.89 bits per heavy atom. The number of hydrogen-bond donors (Lipinski definition) is 1. The van der Waals surface area contributed by atoms with Crippen molar-refractivity contribution in [3.63, 3.8) is 0 Å². The standard InChI is InChI=1S/C14H19N3O/c1-17(9-11-18-10-7-15)14-6-8-16-13-5-3-2-4-12(13)14/h2-6,8H,7,9-11,15H2,1H3. The van der Waals surface area contributed by atoms with Crippen molar-refractivity contribution in [1.29, 1.82) is 0 Å². The van der Waals surface area contributed by atoms with E-state index in [-0.39, 0.29) is 0 Å². The molecule has 4 nitrogen and oxygen atoms in total. The number of likely N-dealkylation sites (N-methyl/N-ethyl adjacent to an activating group) is 1. The van der Waals surface area contributed by atoms with Crippen LogP contribution in [-0.4, -0.2) is 38.3 Å². The molecular weight excluding hydrogens is 226 g/mol. The number of nitrogens with zero attached hydrogens (tertiary/aromatic N) is 2. The molecule has 0 spiro atoms. The van der Waals surface area contributed by atoms with Crippen molar-refractivity contribution < 1.29 is 4.74 Å². The van der Waals surface area contributed by atoms with Gasteiger partial charge in [0, 0.05) is 37.4 Å². The van der Waals surface area contributed by atoms with Crippen LogP contribution in [0.5, 0.6) is 0 Å². The molecule has 0 amide bonds. The Bertz CT molecular complexity index is 496. The molecule has 18 heavy (non-hydrogen) atoms. The first-order valence-electron chi connectivity index (χ1n) is 6.15.